The van der Waals surface area contributed by atoms with E-state index in [0.29, 0.717) is 21.0 Å². The van der Waals surface area contributed by atoms with Gasteiger partial charge in [-0.25, -0.2) is 4.79 Å². The van der Waals surface area contributed by atoms with Crippen LogP contribution in [0, 0.1) is 25.2 Å². The number of esters is 1. The molecule has 1 aromatic carbocycles. The minimum Gasteiger partial charge on any atom is -0.465 e. The standard InChI is InChI=1S/C19H15N3O4S/c1-8-4-5-12-10(6-8)19(18(24)22-12)11(7-20)16(21)26-14-13(17(23)25-3)9(2)27-15(14)19/h4-6H,21H2,1-3H3,(H,22,24)/t19-/m1/s1. The number of carbonyl (C=O) groups is 2. The van der Waals surface area contributed by atoms with Gasteiger partial charge in [-0.3, -0.25) is 4.79 Å². The number of fused-ring (bicyclic) bond motifs is 4. The van der Waals surface area contributed by atoms with Gasteiger partial charge < -0.3 is 20.5 Å². The van der Waals surface area contributed by atoms with Crippen molar-refractivity contribution in [1.29, 1.82) is 5.26 Å². The smallest absolute Gasteiger partial charge is 0.342 e. The van der Waals surface area contributed by atoms with Gasteiger partial charge in [-0.1, -0.05) is 17.7 Å². The number of thiophene rings is 1. The third-order valence-electron chi connectivity index (χ3n) is 4.88. The van der Waals surface area contributed by atoms with E-state index in [0.717, 1.165) is 5.56 Å². The van der Waals surface area contributed by atoms with E-state index in [2.05, 4.69) is 5.32 Å². The predicted octanol–water partition coefficient (Wildman–Crippen LogP) is 2.48. The molecule has 0 saturated heterocycles. The minimum atomic E-state index is -1.45. The minimum absolute atomic E-state index is 0.00881. The van der Waals surface area contributed by atoms with E-state index in [1.54, 1.807) is 13.0 Å². The molecule has 2 aliphatic rings. The maximum atomic E-state index is 13.2. The molecule has 3 heterocycles. The molecule has 4 rings (SSSR count). The Morgan fingerprint density at radius 1 is 1.41 bits per heavy atom. The maximum absolute atomic E-state index is 13.2. The van der Waals surface area contributed by atoms with Crippen molar-refractivity contribution in [2.24, 2.45) is 5.73 Å². The van der Waals surface area contributed by atoms with Crippen LogP contribution in [-0.4, -0.2) is 19.0 Å². The Labute approximate surface area is 159 Å². The summed E-state index contributed by atoms with van der Waals surface area (Å²) in [6.45, 7) is 3.63. The number of methoxy groups -OCH3 is 1. The van der Waals surface area contributed by atoms with Gasteiger partial charge in [0.1, 0.15) is 17.2 Å². The number of rotatable bonds is 1. The van der Waals surface area contributed by atoms with Gasteiger partial charge in [0, 0.05) is 16.1 Å². The second kappa shape index (κ2) is 5.59. The van der Waals surface area contributed by atoms with Crippen LogP contribution in [-0.2, 0) is 14.9 Å². The average molecular weight is 381 g/mol. The summed E-state index contributed by atoms with van der Waals surface area (Å²) in [5.41, 5.74) is 6.96. The molecule has 0 radical (unpaired) electrons. The Kier molecular flexibility index (Phi) is 3.55. The van der Waals surface area contributed by atoms with Crippen LogP contribution in [0.15, 0.2) is 29.7 Å². The van der Waals surface area contributed by atoms with Gasteiger partial charge in [-0.05, 0) is 19.9 Å². The maximum Gasteiger partial charge on any atom is 0.342 e. The molecule has 0 bridgehead atoms. The number of nitrogens with zero attached hydrogens (tertiary/aromatic N) is 1. The zero-order valence-corrected chi connectivity index (χ0v) is 15.6. The summed E-state index contributed by atoms with van der Waals surface area (Å²) >= 11 is 1.22. The first-order valence-corrected chi connectivity index (χ1v) is 8.90. The highest BCUT2D eigenvalue weighted by molar-refractivity contribution is 7.13. The number of nitrogens with one attached hydrogen (secondary N) is 1. The summed E-state index contributed by atoms with van der Waals surface area (Å²) < 4.78 is 10.5. The highest BCUT2D eigenvalue weighted by Gasteiger charge is 2.58. The molecule has 1 spiro atoms. The molecule has 0 unspecified atom stereocenters. The van der Waals surface area contributed by atoms with Gasteiger partial charge in [0.25, 0.3) is 0 Å². The van der Waals surface area contributed by atoms with Crippen LogP contribution in [0.5, 0.6) is 5.75 Å². The summed E-state index contributed by atoms with van der Waals surface area (Å²) in [7, 11) is 1.27. The van der Waals surface area contributed by atoms with Crippen LogP contribution in [0.4, 0.5) is 5.69 Å². The summed E-state index contributed by atoms with van der Waals surface area (Å²) in [6.07, 6.45) is 0. The van der Waals surface area contributed by atoms with Gasteiger partial charge in [0.15, 0.2) is 11.2 Å². The van der Waals surface area contributed by atoms with Gasteiger partial charge in [0.05, 0.1) is 12.0 Å². The van der Waals surface area contributed by atoms with E-state index in [1.807, 2.05) is 25.1 Å². The number of hydrogen-bond donors (Lipinski definition) is 2. The zero-order valence-electron chi connectivity index (χ0n) is 14.8. The van der Waals surface area contributed by atoms with Gasteiger partial charge in [-0.2, -0.15) is 5.26 Å². The van der Waals surface area contributed by atoms with Crippen molar-refractivity contribution in [2.75, 3.05) is 12.4 Å². The Bertz CT molecular complexity index is 1110. The highest BCUT2D eigenvalue weighted by atomic mass is 32.1. The van der Waals surface area contributed by atoms with Crippen LogP contribution in [0.2, 0.25) is 0 Å². The van der Waals surface area contributed by atoms with E-state index in [9.17, 15) is 14.9 Å². The van der Waals surface area contributed by atoms with Crippen molar-refractivity contribution >= 4 is 28.9 Å². The molecule has 136 valence electrons. The molecule has 3 N–H and O–H groups in total. The fraction of sp³-hybridized carbons (Fsp3) is 0.211. The lowest BCUT2D eigenvalue weighted by atomic mass is 9.72. The lowest BCUT2D eigenvalue weighted by molar-refractivity contribution is -0.118. The number of nitrogens with two attached hydrogens (primary N) is 1. The fourth-order valence-electron chi connectivity index (χ4n) is 3.69. The van der Waals surface area contributed by atoms with Gasteiger partial charge >= 0.3 is 5.97 Å². The molecule has 8 heteroatoms. The quantitative estimate of drug-likeness (QED) is 0.734. The van der Waals surface area contributed by atoms with E-state index in [-0.39, 0.29) is 22.8 Å². The number of nitriles is 1. The number of benzene rings is 1. The molecule has 27 heavy (non-hydrogen) atoms. The SMILES string of the molecule is COC(=O)c1c(C)sc2c1OC(N)=C(C#N)[C@@]21C(=O)Nc2ccc(C)cc21. The van der Waals surface area contributed by atoms with E-state index in [1.165, 1.54) is 18.4 Å². The molecule has 2 aromatic rings. The number of carbonyl (C=O) groups excluding carboxylic acids is 2. The van der Waals surface area contributed by atoms with E-state index < -0.39 is 17.3 Å². The van der Waals surface area contributed by atoms with Crippen molar-refractivity contribution in [3.05, 3.63) is 56.1 Å². The molecule has 1 aromatic heterocycles. The molecule has 2 aliphatic heterocycles. The molecule has 1 amide bonds. The molecule has 0 fully saturated rings. The van der Waals surface area contributed by atoms with Gasteiger partial charge in [-0.15, -0.1) is 11.3 Å². The van der Waals surface area contributed by atoms with Crippen molar-refractivity contribution < 1.29 is 19.1 Å². The van der Waals surface area contributed by atoms with E-state index >= 15 is 0 Å². The van der Waals surface area contributed by atoms with Crippen LogP contribution >= 0.6 is 11.3 Å². The van der Waals surface area contributed by atoms with Crippen LogP contribution in [0.25, 0.3) is 0 Å². The number of amides is 1. The summed E-state index contributed by atoms with van der Waals surface area (Å²) in [5, 5.41) is 12.7. The van der Waals surface area contributed by atoms with Crippen molar-refractivity contribution in [2.45, 2.75) is 19.3 Å². The second-order valence-corrected chi connectivity index (χ2v) is 7.61. The Morgan fingerprint density at radius 3 is 2.81 bits per heavy atom. The molecule has 7 nitrogen and oxygen atoms in total. The fourth-order valence-corrected chi connectivity index (χ4v) is 4.97. The number of hydrogen-bond acceptors (Lipinski definition) is 7. The molecule has 0 saturated carbocycles. The first-order valence-electron chi connectivity index (χ1n) is 8.09. The monoisotopic (exact) mass is 381 g/mol. The Balaban J connectivity index is 2.14. The zero-order chi connectivity index (χ0) is 19.5. The van der Waals surface area contributed by atoms with Crippen molar-refractivity contribution in [1.82, 2.24) is 0 Å². The third-order valence-corrected chi connectivity index (χ3v) is 6.09. The molecule has 0 aliphatic carbocycles. The first-order chi connectivity index (χ1) is 12.9. The average Bonchev–Trinajstić information content (AvgIpc) is 3.10. The number of ether oxygens (including phenoxy) is 2. The first kappa shape index (κ1) is 17.1. The lowest BCUT2D eigenvalue weighted by Gasteiger charge is -2.31. The van der Waals surface area contributed by atoms with Crippen LogP contribution in [0.3, 0.4) is 0 Å². The Hall–Kier alpha value is -3.31. The van der Waals surface area contributed by atoms with Crippen molar-refractivity contribution in [3.8, 4) is 11.8 Å². The Morgan fingerprint density at radius 2 is 2.15 bits per heavy atom. The lowest BCUT2D eigenvalue weighted by Crippen LogP contribution is -2.41. The largest absolute Gasteiger partial charge is 0.465 e. The van der Waals surface area contributed by atoms with Gasteiger partial charge in [0.2, 0.25) is 11.8 Å². The normalized spacial score (nSPS) is 19.9. The molecular formula is C19H15N3O4S. The topological polar surface area (TPSA) is 114 Å². The van der Waals surface area contributed by atoms with Crippen LogP contribution in [0.1, 0.15) is 31.2 Å². The summed E-state index contributed by atoms with van der Waals surface area (Å²) in [5.74, 6) is -1.01. The van der Waals surface area contributed by atoms with E-state index in [4.69, 9.17) is 15.2 Å². The summed E-state index contributed by atoms with van der Waals surface area (Å²) in [6, 6.07) is 7.56. The van der Waals surface area contributed by atoms with Crippen LogP contribution < -0.4 is 15.8 Å². The second-order valence-electron chi connectivity index (χ2n) is 6.39. The molecular weight excluding hydrogens is 366 g/mol. The molecule has 1 atom stereocenters. The number of aryl methyl sites for hydroxylation is 2. The highest BCUT2D eigenvalue weighted by Crippen LogP contribution is 2.57. The third kappa shape index (κ3) is 2.00. The number of anilines is 1. The summed E-state index contributed by atoms with van der Waals surface area (Å²) in [4.78, 5) is 26.6. The predicted molar refractivity (Wildman–Crippen MR) is 98.4 cm³/mol. The van der Waals surface area contributed by atoms with Crippen molar-refractivity contribution in [3.63, 3.8) is 0 Å².